The molecule has 2 atom stereocenters. The third-order valence-corrected chi connectivity index (χ3v) is 5.39. The first-order valence-corrected chi connectivity index (χ1v) is 9.06. The fourth-order valence-corrected chi connectivity index (χ4v) is 3.54. The molecule has 2 unspecified atom stereocenters. The number of nitrogens with one attached hydrogen (secondary N) is 1. The average Bonchev–Trinajstić information content (AvgIpc) is 3.05. The Bertz CT molecular complexity index is 749. The summed E-state index contributed by atoms with van der Waals surface area (Å²) >= 11 is 12.1. The number of rotatable bonds is 5. The van der Waals surface area contributed by atoms with E-state index in [2.05, 4.69) is 5.32 Å². The van der Waals surface area contributed by atoms with Crippen LogP contribution in [-0.2, 0) is 6.18 Å². The Kier molecular flexibility index (Phi) is 6.00. The van der Waals surface area contributed by atoms with Gasteiger partial charge >= 0.3 is 6.18 Å². The fraction of sp³-hybridized carbons (Fsp3) is 0.368. The van der Waals surface area contributed by atoms with E-state index in [4.69, 9.17) is 27.9 Å². The molecule has 1 heterocycles. The molecule has 0 bridgehead atoms. The second-order valence-electron chi connectivity index (χ2n) is 6.36. The Balaban J connectivity index is 1.56. The van der Waals surface area contributed by atoms with Crippen molar-refractivity contribution in [3.05, 3.63) is 63.6 Å². The van der Waals surface area contributed by atoms with Crippen LogP contribution in [-0.4, -0.2) is 19.7 Å². The van der Waals surface area contributed by atoms with Crippen molar-refractivity contribution < 1.29 is 17.9 Å². The molecular formula is C19H18Cl2F3NO. The van der Waals surface area contributed by atoms with Crippen molar-refractivity contribution >= 4 is 23.2 Å². The molecule has 1 aliphatic heterocycles. The zero-order chi connectivity index (χ0) is 18.7. The monoisotopic (exact) mass is 403 g/mol. The maximum atomic E-state index is 12.6. The summed E-state index contributed by atoms with van der Waals surface area (Å²) < 4.78 is 43.3. The Hall–Kier alpha value is -1.43. The van der Waals surface area contributed by atoms with Crippen molar-refractivity contribution in [2.24, 2.45) is 5.92 Å². The maximum Gasteiger partial charge on any atom is 0.416 e. The molecule has 2 aromatic rings. The molecule has 0 saturated carbocycles. The van der Waals surface area contributed by atoms with E-state index in [1.807, 2.05) is 12.1 Å². The zero-order valence-corrected chi connectivity index (χ0v) is 15.3. The summed E-state index contributed by atoms with van der Waals surface area (Å²) in [5, 5.41) is 4.44. The summed E-state index contributed by atoms with van der Waals surface area (Å²) in [7, 11) is 0. The molecule has 140 valence electrons. The molecule has 1 aliphatic rings. The van der Waals surface area contributed by atoms with Crippen molar-refractivity contribution in [3.8, 4) is 5.75 Å². The van der Waals surface area contributed by atoms with Crippen molar-refractivity contribution in [2.45, 2.75) is 18.5 Å². The topological polar surface area (TPSA) is 21.3 Å². The van der Waals surface area contributed by atoms with Crippen LogP contribution < -0.4 is 10.1 Å². The van der Waals surface area contributed by atoms with Gasteiger partial charge < -0.3 is 10.1 Å². The lowest BCUT2D eigenvalue weighted by atomic mass is 9.87. The highest BCUT2D eigenvalue weighted by Gasteiger charge is 2.30. The standard InChI is InChI=1S/C19H18Cl2F3NO/c20-17-6-1-12(9-18(17)21)16-11-25-10-13(16)7-8-26-15-4-2-14(3-5-15)19(22,23)24/h1-6,9,13,16,25H,7-8,10-11H2. The Morgan fingerprint density at radius 1 is 1.00 bits per heavy atom. The van der Waals surface area contributed by atoms with Crippen LogP contribution in [0.25, 0.3) is 0 Å². The zero-order valence-electron chi connectivity index (χ0n) is 13.8. The molecular weight excluding hydrogens is 386 g/mol. The second kappa shape index (κ2) is 8.07. The van der Waals surface area contributed by atoms with Crippen LogP contribution in [0.4, 0.5) is 13.2 Å². The smallest absolute Gasteiger partial charge is 0.416 e. The van der Waals surface area contributed by atoms with E-state index >= 15 is 0 Å². The number of hydrogen-bond donors (Lipinski definition) is 1. The minimum absolute atomic E-state index is 0.306. The normalized spacial score (nSPS) is 20.3. The highest BCUT2D eigenvalue weighted by atomic mass is 35.5. The van der Waals surface area contributed by atoms with Gasteiger partial charge in [-0.25, -0.2) is 0 Å². The van der Waals surface area contributed by atoms with Crippen molar-refractivity contribution in [3.63, 3.8) is 0 Å². The van der Waals surface area contributed by atoms with Crippen LogP contribution in [0.15, 0.2) is 42.5 Å². The van der Waals surface area contributed by atoms with Gasteiger partial charge in [-0.05, 0) is 60.8 Å². The Morgan fingerprint density at radius 2 is 1.73 bits per heavy atom. The van der Waals surface area contributed by atoms with E-state index < -0.39 is 11.7 Å². The average molecular weight is 404 g/mol. The molecule has 26 heavy (non-hydrogen) atoms. The van der Waals surface area contributed by atoms with Gasteiger partial charge in [0.2, 0.25) is 0 Å². The lowest BCUT2D eigenvalue weighted by molar-refractivity contribution is -0.137. The molecule has 0 amide bonds. The number of halogens is 5. The first-order valence-electron chi connectivity index (χ1n) is 8.30. The lowest BCUT2D eigenvalue weighted by Gasteiger charge is -2.19. The molecule has 2 nitrogen and oxygen atoms in total. The van der Waals surface area contributed by atoms with Crippen LogP contribution >= 0.6 is 23.2 Å². The predicted octanol–water partition coefficient (Wildman–Crippen LogP) is 5.78. The number of hydrogen-bond acceptors (Lipinski definition) is 2. The number of benzene rings is 2. The quantitative estimate of drug-likeness (QED) is 0.682. The summed E-state index contributed by atoms with van der Waals surface area (Å²) in [5.74, 6) is 1.11. The largest absolute Gasteiger partial charge is 0.494 e. The minimum Gasteiger partial charge on any atom is -0.494 e. The third-order valence-electron chi connectivity index (χ3n) is 4.65. The highest BCUT2D eigenvalue weighted by Crippen LogP contribution is 2.34. The summed E-state index contributed by atoms with van der Waals surface area (Å²) in [6, 6.07) is 10.4. The third kappa shape index (κ3) is 4.64. The summed E-state index contributed by atoms with van der Waals surface area (Å²) in [5.41, 5.74) is 0.452. The Morgan fingerprint density at radius 3 is 2.38 bits per heavy atom. The molecule has 0 aromatic heterocycles. The lowest BCUT2D eigenvalue weighted by Crippen LogP contribution is -2.15. The van der Waals surface area contributed by atoms with Crippen LogP contribution in [0.2, 0.25) is 10.0 Å². The second-order valence-corrected chi connectivity index (χ2v) is 7.17. The van der Waals surface area contributed by atoms with Gasteiger partial charge in [0.1, 0.15) is 5.75 Å². The van der Waals surface area contributed by atoms with Gasteiger partial charge in [0.05, 0.1) is 22.2 Å². The molecule has 1 saturated heterocycles. The van der Waals surface area contributed by atoms with E-state index in [0.717, 1.165) is 37.2 Å². The molecule has 0 radical (unpaired) electrons. The fourth-order valence-electron chi connectivity index (χ4n) is 3.24. The maximum absolute atomic E-state index is 12.6. The molecule has 0 aliphatic carbocycles. The van der Waals surface area contributed by atoms with Gasteiger partial charge in [-0.1, -0.05) is 29.3 Å². The van der Waals surface area contributed by atoms with Crippen molar-refractivity contribution in [2.75, 3.05) is 19.7 Å². The van der Waals surface area contributed by atoms with Gasteiger partial charge in [0, 0.05) is 12.5 Å². The number of alkyl halides is 3. The molecule has 1 N–H and O–H groups in total. The van der Waals surface area contributed by atoms with Crippen LogP contribution in [0.3, 0.4) is 0 Å². The van der Waals surface area contributed by atoms with Gasteiger partial charge in [-0.3, -0.25) is 0 Å². The van der Waals surface area contributed by atoms with E-state index in [1.165, 1.54) is 12.1 Å². The van der Waals surface area contributed by atoms with Crippen molar-refractivity contribution in [1.82, 2.24) is 5.32 Å². The summed E-state index contributed by atoms with van der Waals surface area (Å²) in [6.07, 6.45) is -3.54. The first-order chi connectivity index (χ1) is 12.3. The summed E-state index contributed by atoms with van der Waals surface area (Å²) in [6.45, 7) is 2.15. The Labute approximate surface area is 160 Å². The van der Waals surface area contributed by atoms with Crippen LogP contribution in [0, 0.1) is 5.92 Å². The van der Waals surface area contributed by atoms with E-state index in [9.17, 15) is 13.2 Å². The minimum atomic E-state index is -4.33. The first kappa shape index (κ1) is 19.3. The molecule has 0 spiro atoms. The van der Waals surface area contributed by atoms with Gasteiger partial charge in [0.15, 0.2) is 0 Å². The predicted molar refractivity (Wildman–Crippen MR) is 97.1 cm³/mol. The highest BCUT2D eigenvalue weighted by molar-refractivity contribution is 6.42. The molecule has 7 heteroatoms. The van der Waals surface area contributed by atoms with Crippen LogP contribution in [0.5, 0.6) is 5.75 Å². The van der Waals surface area contributed by atoms with Gasteiger partial charge in [-0.2, -0.15) is 13.2 Å². The van der Waals surface area contributed by atoms with E-state index in [-0.39, 0.29) is 0 Å². The van der Waals surface area contributed by atoms with E-state index in [0.29, 0.717) is 34.2 Å². The van der Waals surface area contributed by atoms with E-state index in [1.54, 1.807) is 6.07 Å². The molecule has 2 aromatic carbocycles. The van der Waals surface area contributed by atoms with Crippen LogP contribution in [0.1, 0.15) is 23.5 Å². The number of ether oxygens (including phenoxy) is 1. The molecule has 3 rings (SSSR count). The summed E-state index contributed by atoms with van der Waals surface area (Å²) in [4.78, 5) is 0. The van der Waals surface area contributed by atoms with Gasteiger partial charge in [0.25, 0.3) is 0 Å². The van der Waals surface area contributed by atoms with Gasteiger partial charge in [-0.15, -0.1) is 0 Å². The SMILES string of the molecule is FC(F)(F)c1ccc(OCCC2CNCC2c2ccc(Cl)c(Cl)c2)cc1. The molecule has 1 fully saturated rings. The van der Waals surface area contributed by atoms with Crippen molar-refractivity contribution in [1.29, 1.82) is 0 Å².